The summed E-state index contributed by atoms with van der Waals surface area (Å²) in [7, 11) is 0. The number of rotatable bonds is 10. The standard InChI is InChI=1S/C33H35N5O/c34-19-10-20-38-31-18-17-28(37(23-25-11-4-1-5-12-25)24-26-13-6-2-7-14-26)21-29(31)32(27-15-8-3-9-16-27)36-30(22-35)33(38)39/h1-9,11-18,21,30H,10,19-20,22-24,34-35H2. The largest absolute Gasteiger partial charge is 0.363 e. The summed E-state index contributed by atoms with van der Waals surface area (Å²) in [5, 5.41) is 0. The summed E-state index contributed by atoms with van der Waals surface area (Å²) >= 11 is 0. The second kappa shape index (κ2) is 12.5. The summed E-state index contributed by atoms with van der Waals surface area (Å²) < 4.78 is 0. The van der Waals surface area contributed by atoms with Gasteiger partial charge in [-0.05, 0) is 42.3 Å². The van der Waals surface area contributed by atoms with E-state index in [1.165, 1.54) is 11.1 Å². The van der Waals surface area contributed by atoms with Crippen molar-refractivity contribution < 1.29 is 4.79 Å². The quantitative estimate of drug-likeness (QED) is 0.318. The Bertz CT molecular complexity index is 1360. The summed E-state index contributed by atoms with van der Waals surface area (Å²) in [6.45, 7) is 2.65. The van der Waals surface area contributed by atoms with Crippen LogP contribution in [0.4, 0.5) is 11.4 Å². The third-order valence-corrected chi connectivity index (χ3v) is 7.02. The van der Waals surface area contributed by atoms with E-state index in [0.29, 0.717) is 19.5 Å². The first kappa shape index (κ1) is 26.4. The van der Waals surface area contributed by atoms with E-state index in [9.17, 15) is 4.79 Å². The number of fused-ring (bicyclic) bond motifs is 1. The van der Waals surface area contributed by atoms with Gasteiger partial charge in [0.25, 0.3) is 5.91 Å². The molecule has 1 atom stereocenters. The minimum absolute atomic E-state index is 0.0868. The number of nitrogens with zero attached hydrogens (tertiary/aromatic N) is 3. The van der Waals surface area contributed by atoms with Crippen molar-refractivity contribution in [1.29, 1.82) is 0 Å². The fraction of sp³-hybridized carbons (Fsp3) is 0.212. The lowest BCUT2D eigenvalue weighted by molar-refractivity contribution is -0.119. The van der Waals surface area contributed by atoms with Crippen LogP contribution in [0.15, 0.2) is 114 Å². The predicted octanol–water partition coefficient (Wildman–Crippen LogP) is 4.75. The van der Waals surface area contributed by atoms with E-state index in [1.54, 1.807) is 0 Å². The Hall–Kier alpha value is -4.26. The van der Waals surface area contributed by atoms with Crippen molar-refractivity contribution in [2.24, 2.45) is 16.5 Å². The maximum Gasteiger partial charge on any atom is 0.253 e. The summed E-state index contributed by atoms with van der Waals surface area (Å²) in [4.78, 5) is 22.8. The second-order valence-corrected chi connectivity index (χ2v) is 9.76. The van der Waals surface area contributed by atoms with Crippen molar-refractivity contribution in [2.45, 2.75) is 25.6 Å². The summed E-state index contributed by atoms with van der Waals surface area (Å²) in [6, 6.07) is 36.7. The van der Waals surface area contributed by atoms with E-state index in [4.69, 9.17) is 16.5 Å². The zero-order valence-corrected chi connectivity index (χ0v) is 22.1. The van der Waals surface area contributed by atoms with Crippen LogP contribution in [0.3, 0.4) is 0 Å². The fourth-order valence-electron chi connectivity index (χ4n) is 5.03. The third kappa shape index (κ3) is 6.08. The first-order chi connectivity index (χ1) is 19.2. The molecule has 6 nitrogen and oxygen atoms in total. The van der Waals surface area contributed by atoms with Crippen LogP contribution < -0.4 is 21.3 Å². The van der Waals surface area contributed by atoms with Crippen molar-refractivity contribution in [1.82, 2.24) is 0 Å². The number of carbonyl (C=O) groups is 1. The molecule has 5 rings (SSSR count). The van der Waals surface area contributed by atoms with E-state index in [-0.39, 0.29) is 12.5 Å². The molecule has 4 aromatic carbocycles. The molecule has 0 aromatic heterocycles. The van der Waals surface area contributed by atoms with Gasteiger partial charge in [0.05, 0.1) is 11.4 Å². The zero-order chi connectivity index (χ0) is 27.0. The molecule has 1 heterocycles. The monoisotopic (exact) mass is 517 g/mol. The van der Waals surface area contributed by atoms with Crippen LogP contribution >= 0.6 is 0 Å². The smallest absolute Gasteiger partial charge is 0.253 e. The molecule has 6 heteroatoms. The minimum atomic E-state index is -0.654. The van der Waals surface area contributed by atoms with Gasteiger partial charge in [0.15, 0.2) is 0 Å². The van der Waals surface area contributed by atoms with Crippen molar-refractivity contribution in [3.05, 3.63) is 131 Å². The van der Waals surface area contributed by atoms with Crippen LogP contribution in [0, 0.1) is 0 Å². The van der Waals surface area contributed by atoms with E-state index >= 15 is 0 Å². The Labute approximate surface area is 230 Å². The Morgan fingerprint density at radius 3 is 1.92 bits per heavy atom. The number of amides is 1. The highest BCUT2D eigenvalue weighted by molar-refractivity contribution is 6.20. The SMILES string of the molecule is NCCCN1C(=O)C(CN)N=C(c2ccccc2)c2cc(N(Cc3ccccc3)Cc3ccccc3)ccc21. The average Bonchev–Trinajstić information content (AvgIpc) is 3.10. The maximum absolute atomic E-state index is 13.6. The highest BCUT2D eigenvalue weighted by Gasteiger charge is 2.31. The topological polar surface area (TPSA) is 87.9 Å². The van der Waals surface area contributed by atoms with Crippen molar-refractivity contribution in [3.8, 4) is 0 Å². The number of carbonyl (C=O) groups excluding carboxylic acids is 1. The van der Waals surface area contributed by atoms with Gasteiger partial charge >= 0.3 is 0 Å². The van der Waals surface area contributed by atoms with Crippen LogP contribution in [0.1, 0.15) is 28.7 Å². The molecule has 1 aliphatic heterocycles. The van der Waals surface area contributed by atoms with Gasteiger partial charge in [-0.1, -0.05) is 91.0 Å². The maximum atomic E-state index is 13.6. The average molecular weight is 518 g/mol. The van der Waals surface area contributed by atoms with E-state index < -0.39 is 6.04 Å². The minimum Gasteiger partial charge on any atom is -0.363 e. The first-order valence-electron chi connectivity index (χ1n) is 13.5. The molecule has 0 saturated carbocycles. The van der Waals surface area contributed by atoms with Gasteiger partial charge in [0, 0.05) is 43.0 Å². The normalized spacial score (nSPS) is 14.9. The molecule has 198 valence electrons. The van der Waals surface area contributed by atoms with Gasteiger partial charge in [0.2, 0.25) is 0 Å². The van der Waals surface area contributed by atoms with E-state index in [0.717, 1.165) is 41.3 Å². The van der Waals surface area contributed by atoms with Crippen LogP contribution in [0.5, 0.6) is 0 Å². The molecule has 1 unspecified atom stereocenters. The Morgan fingerprint density at radius 1 is 0.769 bits per heavy atom. The molecule has 0 radical (unpaired) electrons. The first-order valence-corrected chi connectivity index (χ1v) is 13.5. The number of aliphatic imine (C=N–C) groups is 1. The van der Waals surface area contributed by atoms with E-state index in [1.807, 2.05) is 47.4 Å². The van der Waals surface area contributed by atoms with Gasteiger partial charge in [-0.15, -0.1) is 0 Å². The van der Waals surface area contributed by atoms with Gasteiger partial charge in [-0.3, -0.25) is 9.79 Å². The summed E-state index contributed by atoms with van der Waals surface area (Å²) in [5.74, 6) is -0.0868. The Kier molecular flexibility index (Phi) is 8.46. The molecule has 39 heavy (non-hydrogen) atoms. The lowest BCUT2D eigenvalue weighted by atomic mass is 9.98. The van der Waals surface area contributed by atoms with Crippen molar-refractivity contribution in [3.63, 3.8) is 0 Å². The Balaban J connectivity index is 1.64. The van der Waals surface area contributed by atoms with Crippen LogP contribution in [0.2, 0.25) is 0 Å². The molecule has 0 saturated heterocycles. The highest BCUT2D eigenvalue weighted by atomic mass is 16.2. The zero-order valence-electron chi connectivity index (χ0n) is 22.1. The number of anilines is 2. The number of hydrogen-bond acceptors (Lipinski definition) is 5. The molecule has 1 amide bonds. The van der Waals surface area contributed by atoms with Gasteiger partial charge in [-0.2, -0.15) is 0 Å². The Morgan fingerprint density at radius 2 is 1.36 bits per heavy atom. The number of benzodiazepines with no additional fused rings is 1. The molecule has 1 aliphatic rings. The molecule has 4 N–H and O–H groups in total. The number of hydrogen-bond donors (Lipinski definition) is 2. The lowest BCUT2D eigenvalue weighted by Gasteiger charge is -2.29. The van der Waals surface area contributed by atoms with Crippen molar-refractivity contribution >= 4 is 23.0 Å². The molecule has 0 aliphatic carbocycles. The number of benzene rings is 4. The van der Waals surface area contributed by atoms with Gasteiger partial charge in [-0.25, -0.2) is 0 Å². The summed E-state index contributed by atoms with van der Waals surface area (Å²) in [5.41, 5.74) is 19.0. The molecular formula is C33H35N5O. The van der Waals surface area contributed by atoms with Gasteiger partial charge < -0.3 is 21.3 Å². The second-order valence-electron chi connectivity index (χ2n) is 9.76. The van der Waals surface area contributed by atoms with Crippen LogP contribution in [-0.2, 0) is 17.9 Å². The molecule has 4 aromatic rings. The van der Waals surface area contributed by atoms with E-state index in [2.05, 4.69) is 71.6 Å². The molecular weight excluding hydrogens is 482 g/mol. The predicted molar refractivity (Wildman–Crippen MR) is 160 cm³/mol. The third-order valence-electron chi connectivity index (χ3n) is 7.02. The highest BCUT2D eigenvalue weighted by Crippen LogP contribution is 2.33. The van der Waals surface area contributed by atoms with Crippen LogP contribution in [0.25, 0.3) is 0 Å². The molecule has 0 fully saturated rings. The van der Waals surface area contributed by atoms with Crippen molar-refractivity contribution in [2.75, 3.05) is 29.4 Å². The molecule has 0 spiro atoms. The van der Waals surface area contributed by atoms with Gasteiger partial charge in [0.1, 0.15) is 6.04 Å². The summed E-state index contributed by atoms with van der Waals surface area (Å²) in [6.07, 6.45) is 0.693. The lowest BCUT2D eigenvalue weighted by Crippen LogP contribution is -2.42. The fourth-order valence-corrected chi connectivity index (χ4v) is 5.03. The number of nitrogens with two attached hydrogens (primary N) is 2. The molecule has 0 bridgehead atoms. The van der Waals surface area contributed by atoms with Crippen LogP contribution in [-0.4, -0.2) is 37.3 Å².